The Kier molecular flexibility index (Phi) is 6.45. The van der Waals surface area contributed by atoms with Crippen LogP contribution in [0.4, 0.5) is 0 Å². The molecule has 1 aliphatic heterocycles. The van der Waals surface area contributed by atoms with Crippen molar-refractivity contribution in [2.45, 2.75) is 59.0 Å². The maximum absolute atomic E-state index is 12.6. The molecule has 0 aromatic heterocycles. The smallest absolute Gasteiger partial charge is 0.314 e. The highest BCUT2D eigenvalue weighted by molar-refractivity contribution is 5.90. The van der Waals surface area contributed by atoms with Crippen LogP contribution in [-0.4, -0.2) is 22.9 Å². The standard InChI is InChI=1S/C26H31NO3/c1-17-9-6-13-22(18(17)2)24(19-10-7-12-21(28)15-19)23-14-8-11-20(16-27-23)25(29)30-26(3,4)5/h6-7,9-10,12-16,20,24,28H,8,11H2,1-5H3. The first-order valence-electron chi connectivity index (χ1n) is 10.5. The van der Waals surface area contributed by atoms with E-state index in [1.807, 2.05) is 32.9 Å². The molecule has 1 heterocycles. The maximum atomic E-state index is 12.6. The zero-order chi connectivity index (χ0) is 21.9. The fraction of sp³-hybridized carbons (Fsp3) is 0.385. The topological polar surface area (TPSA) is 58.9 Å². The number of allylic oxidation sites excluding steroid dienone is 2. The lowest BCUT2D eigenvalue weighted by Gasteiger charge is -2.22. The molecule has 4 nitrogen and oxygen atoms in total. The summed E-state index contributed by atoms with van der Waals surface area (Å²) in [5.41, 5.74) is 4.91. The van der Waals surface area contributed by atoms with Crippen molar-refractivity contribution in [2.75, 3.05) is 0 Å². The zero-order valence-electron chi connectivity index (χ0n) is 18.5. The van der Waals surface area contributed by atoms with Crippen molar-refractivity contribution in [3.63, 3.8) is 0 Å². The van der Waals surface area contributed by atoms with Crippen LogP contribution >= 0.6 is 0 Å². The van der Waals surface area contributed by atoms with Crippen molar-refractivity contribution in [2.24, 2.45) is 10.9 Å². The summed E-state index contributed by atoms with van der Waals surface area (Å²) in [6.45, 7) is 9.84. The molecule has 2 unspecified atom stereocenters. The van der Waals surface area contributed by atoms with Gasteiger partial charge >= 0.3 is 5.97 Å². The highest BCUT2D eigenvalue weighted by Crippen LogP contribution is 2.37. The lowest BCUT2D eigenvalue weighted by molar-refractivity contribution is -0.157. The lowest BCUT2D eigenvalue weighted by Crippen LogP contribution is -2.29. The molecule has 158 valence electrons. The molecule has 0 fully saturated rings. The first-order valence-corrected chi connectivity index (χ1v) is 10.5. The van der Waals surface area contributed by atoms with Crippen LogP contribution in [0.25, 0.3) is 0 Å². The van der Waals surface area contributed by atoms with Crippen molar-refractivity contribution < 1.29 is 14.6 Å². The Morgan fingerprint density at radius 1 is 1.17 bits per heavy atom. The minimum Gasteiger partial charge on any atom is -0.508 e. The second-order valence-corrected chi connectivity index (χ2v) is 8.94. The van der Waals surface area contributed by atoms with Gasteiger partial charge in [0.25, 0.3) is 0 Å². The van der Waals surface area contributed by atoms with Crippen LogP contribution in [0, 0.1) is 19.8 Å². The summed E-state index contributed by atoms with van der Waals surface area (Å²) in [6, 6.07) is 13.6. The molecule has 2 aromatic carbocycles. The van der Waals surface area contributed by atoms with Crippen LogP contribution in [0.3, 0.4) is 0 Å². The maximum Gasteiger partial charge on any atom is 0.314 e. The second kappa shape index (κ2) is 8.86. The number of benzene rings is 2. The molecule has 0 saturated carbocycles. The molecular formula is C26H31NO3. The average molecular weight is 406 g/mol. The van der Waals surface area contributed by atoms with E-state index in [1.54, 1.807) is 18.3 Å². The quantitative estimate of drug-likeness (QED) is 0.649. The predicted molar refractivity (Wildman–Crippen MR) is 121 cm³/mol. The van der Waals surface area contributed by atoms with Gasteiger partial charge in [-0.15, -0.1) is 0 Å². The Labute approximate surface area is 179 Å². The van der Waals surface area contributed by atoms with E-state index in [0.29, 0.717) is 6.42 Å². The zero-order valence-corrected chi connectivity index (χ0v) is 18.5. The Hall–Kier alpha value is -2.88. The normalized spacial score (nSPS) is 17.8. The molecule has 2 atom stereocenters. The minimum absolute atomic E-state index is 0.120. The third kappa shape index (κ3) is 5.18. The van der Waals surface area contributed by atoms with E-state index in [-0.39, 0.29) is 23.6 Å². The summed E-state index contributed by atoms with van der Waals surface area (Å²) in [6.07, 6.45) is 5.24. The molecule has 0 amide bonds. The minimum atomic E-state index is -0.518. The van der Waals surface area contributed by atoms with Crippen LogP contribution in [0.1, 0.15) is 61.8 Å². The van der Waals surface area contributed by atoms with Crippen LogP contribution in [0.5, 0.6) is 5.75 Å². The van der Waals surface area contributed by atoms with Crippen LogP contribution < -0.4 is 0 Å². The van der Waals surface area contributed by atoms with Gasteiger partial charge < -0.3 is 9.84 Å². The van der Waals surface area contributed by atoms with Gasteiger partial charge in [0.15, 0.2) is 0 Å². The van der Waals surface area contributed by atoms with E-state index < -0.39 is 5.60 Å². The number of carbonyl (C=O) groups is 1. The first-order chi connectivity index (χ1) is 14.2. The van der Waals surface area contributed by atoms with Gasteiger partial charge in [0.2, 0.25) is 0 Å². The number of phenolic OH excluding ortho intramolecular Hbond substituents is 1. The van der Waals surface area contributed by atoms with Crippen molar-refractivity contribution in [3.05, 3.63) is 76.5 Å². The average Bonchev–Trinajstić information content (AvgIpc) is 2.90. The van der Waals surface area contributed by atoms with Gasteiger partial charge in [-0.3, -0.25) is 9.79 Å². The van der Waals surface area contributed by atoms with Crippen LogP contribution in [0.2, 0.25) is 0 Å². The number of aromatic hydroxyl groups is 1. The first kappa shape index (κ1) is 21.8. The van der Waals surface area contributed by atoms with E-state index >= 15 is 0 Å². The number of ether oxygens (including phenoxy) is 1. The highest BCUT2D eigenvalue weighted by atomic mass is 16.6. The molecule has 1 N–H and O–H groups in total. The van der Waals surface area contributed by atoms with Crippen molar-refractivity contribution in [1.29, 1.82) is 0 Å². The molecule has 0 saturated heterocycles. The summed E-state index contributed by atoms with van der Waals surface area (Å²) in [4.78, 5) is 17.3. The molecule has 0 bridgehead atoms. The third-order valence-electron chi connectivity index (χ3n) is 5.40. The van der Waals surface area contributed by atoms with E-state index in [4.69, 9.17) is 9.73 Å². The van der Waals surface area contributed by atoms with Gasteiger partial charge in [-0.1, -0.05) is 36.4 Å². The Morgan fingerprint density at radius 3 is 2.60 bits per heavy atom. The van der Waals surface area contributed by atoms with Crippen LogP contribution in [-0.2, 0) is 9.53 Å². The number of hydrogen-bond donors (Lipinski definition) is 1. The van der Waals surface area contributed by atoms with Gasteiger partial charge in [0, 0.05) is 11.9 Å². The fourth-order valence-electron chi connectivity index (χ4n) is 3.76. The van der Waals surface area contributed by atoms with Gasteiger partial charge in [0.1, 0.15) is 11.4 Å². The molecule has 2 aromatic rings. The summed E-state index contributed by atoms with van der Waals surface area (Å²) in [7, 11) is 0. The van der Waals surface area contributed by atoms with E-state index in [9.17, 15) is 9.90 Å². The lowest BCUT2D eigenvalue weighted by atomic mass is 9.84. The van der Waals surface area contributed by atoms with E-state index in [1.165, 1.54) is 11.1 Å². The summed E-state index contributed by atoms with van der Waals surface area (Å²) >= 11 is 0. The van der Waals surface area contributed by atoms with Crippen molar-refractivity contribution in [1.82, 2.24) is 0 Å². The number of rotatable bonds is 4. The Balaban J connectivity index is 2.00. The number of phenols is 1. The number of aryl methyl sites for hydroxylation is 1. The number of esters is 1. The number of aliphatic imine (C=N–C) groups is 1. The highest BCUT2D eigenvalue weighted by Gasteiger charge is 2.27. The molecule has 0 aliphatic carbocycles. The van der Waals surface area contributed by atoms with Gasteiger partial charge in [-0.05, 0) is 81.8 Å². The van der Waals surface area contributed by atoms with Gasteiger partial charge in [0.05, 0.1) is 11.8 Å². The molecule has 0 radical (unpaired) electrons. The Morgan fingerprint density at radius 2 is 1.90 bits per heavy atom. The molecule has 3 rings (SSSR count). The number of carbonyl (C=O) groups excluding carboxylic acids is 1. The summed E-state index contributed by atoms with van der Waals surface area (Å²) < 4.78 is 5.56. The Bertz CT molecular complexity index is 982. The SMILES string of the molecule is Cc1cccc(C(C2=CCCC(C(=O)OC(C)(C)C)C=N2)c2cccc(O)c2)c1C. The molecule has 0 spiro atoms. The number of hydrogen-bond acceptors (Lipinski definition) is 4. The fourth-order valence-corrected chi connectivity index (χ4v) is 3.76. The van der Waals surface area contributed by atoms with E-state index in [2.05, 4.69) is 38.1 Å². The van der Waals surface area contributed by atoms with Gasteiger partial charge in [-0.25, -0.2) is 0 Å². The molecule has 4 heteroatoms. The monoisotopic (exact) mass is 405 g/mol. The van der Waals surface area contributed by atoms with Crippen LogP contribution in [0.15, 0.2) is 59.2 Å². The third-order valence-corrected chi connectivity index (χ3v) is 5.40. The summed E-state index contributed by atoms with van der Waals surface area (Å²) in [5.74, 6) is -0.485. The molecule has 1 aliphatic rings. The number of nitrogens with zero attached hydrogens (tertiary/aromatic N) is 1. The second-order valence-electron chi connectivity index (χ2n) is 8.94. The van der Waals surface area contributed by atoms with E-state index in [0.717, 1.165) is 23.2 Å². The molecular weight excluding hydrogens is 374 g/mol. The largest absolute Gasteiger partial charge is 0.508 e. The van der Waals surface area contributed by atoms with Crippen molar-refractivity contribution >= 4 is 12.2 Å². The summed E-state index contributed by atoms with van der Waals surface area (Å²) in [5, 5.41) is 10.1. The predicted octanol–water partition coefficient (Wildman–Crippen LogP) is 5.85. The van der Waals surface area contributed by atoms with Crippen molar-refractivity contribution in [3.8, 4) is 5.75 Å². The van der Waals surface area contributed by atoms with Gasteiger partial charge in [-0.2, -0.15) is 0 Å². The molecule has 30 heavy (non-hydrogen) atoms.